The first-order valence-corrected chi connectivity index (χ1v) is 9.91. The van der Waals surface area contributed by atoms with Crippen LogP contribution < -0.4 is 0 Å². The molecule has 3 heterocycles. The fourth-order valence-electron chi connectivity index (χ4n) is 3.81. The summed E-state index contributed by atoms with van der Waals surface area (Å²) in [5, 5.41) is 15.9. The smallest absolute Gasteiger partial charge is 0.282 e. The minimum atomic E-state index is -0.593. The van der Waals surface area contributed by atoms with E-state index in [2.05, 4.69) is 5.10 Å². The lowest BCUT2D eigenvalue weighted by Gasteiger charge is -2.34. The number of hydrogen-bond donors (Lipinski definition) is 0. The van der Waals surface area contributed by atoms with E-state index in [1.165, 1.54) is 23.1 Å². The van der Waals surface area contributed by atoms with Crippen LogP contribution >= 0.6 is 11.6 Å². The van der Waals surface area contributed by atoms with Crippen LogP contribution in [0.4, 0.5) is 5.69 Å². The van der Waals surface area contributed by atoms with Crippen LogP contribution in [-0.2, 0) is 13.0 Å². The Morgan fingerprint density at radius 2 is 1.69 bits per heavy atom. The molecule has 1 fully saturated rings. The van der Waals surface area contributed by atoms with Gasteiger partial charge in [-0.15, -0.1) is 0 Å². The lowest BCUT2D eigenvalue weighted by Crippen LogP contribution is -2.50. The van der Waals surface area contributed by atoms with Crippen LogP contribution in [0.2, 0.25) is 5.02 Å². The van der Waals surface area contributed by atoms with Crippen molar-refractivity contribution in [1.82, 2.24) is 19.6 Å². The van der Waals surface area contributed by atoms with Crippen LogP contribution in [0.25, 0.3) is 0 Å². The predicted octanol–water partition coefficient (Wildman–Crippen LogP) is 2.38. The summed E-state index contributed by atoms with van der Waals surface area (Å²) in [7, 11) is 0. The summed E-state index contributed by atoms with van der Waals surface area (Å²) in [6.45, 7) is 2.12. The number of fused-ring (bicyclic) bond motifs is 1. The lowest BCUT2D eigenvalue weighted by molar-refractivity contribution is -0.385. The average Bonchev–Trinajstić information content (AvgIpc) is 3.17. The summed E-state index contributed by atoms with van der Waals surface area (Å²) in [5.74, 6) is -0.600. The SMILES string of the molecule is O=C(c1cc2n(n1)CCCC2)N1CCN(C(=O)c2cc(Cl)ccc2[N+](=O)[O-])CC1. The Balaban J connectivity index is 1.44. The molecule has 0 aliphatic carbocycles. The molecule has 152 valence electrons. The van der Waals surface area contributed by atoms with Crippen molar-refractivity contribution in [2.24, 2.45) is 0 Å². The maximum atomic E-state index is 12.8. The standard InChI is InChI=1S/C19H20ClN5O4/c20-13-4-5-17(25(28)29)15(11-13)18(26)22-7-9-23(10-8-22)19(27)16-12-14-3-1-2-6-24(14)21-16/h4-5,11-12H,1-3,6-10H2. The van der Waals surface area contributed by atoms with Crippen molar-refractivity contribution in [3.63, 3.8) is 0 Å². The Hall–Kier alpha value is -2.94. The molecule has 1 aromatic carbocycles. The van der Waals surface area contributed by atoms with Gasteiger partial charge in [-0.1, -0.05) is 11.6 Å². The third-order valence-corrected chi connectivity index (χ3v) is 5.61. The van der Waals surface area contributed by atoms with Crippen LogP contribution in [0.15, 0.2) is 24.3 Å². The Labute approximate surface area is 172 Å². The Kier molecular flexibility index (Phi) is 5.23. The van der Waals surface area contributed by atoms with Crippen molar-refractivity contribution in [1.29, 1.82) is 0 Å². The van der Waals surface area contributed by atoms with Crippen LogP contribution in [0.1, 0.15) is 39.4 Å². The number of nitro benzene ring substituents is 1. The predicted molar refractivity (Wildman–Crippen MR) is 105 cm³/mol. The highest BCUT2D eigenvalue weighted by molar-refractivity contribution is 6.31. The highest BCUT2D eigenvalue weighted by Crippen LogP contribution is 2.25. The van der Waals surface area contributed by atoms with Gasteiger partial charge in [-0.25, -0.2) is 0 Å². The van der Waals surface area contributed by atoms with Crippen LogP contribution in [0.5, 0.6) is 0 Å². The van der Waals surface area contributed by atoms with Crippen molar-refractivity contribution in [3.8, 4) is 0 Å². The Morgan fingerprint density at radius 1 is 1.00 bits per heavy atom. The summed E-state index contributed by atoms with van der Waals surface area (Å²) in [6, 6.07) is 5.79. The highest BCUT2D eigenvalue weighted by Gasteiger charge is 2.30. The number of halogens is 1. The Bertz CT molecular complexity index is 957. The molecule has 0 spiro atoms. The van der Waals surface area contributed by atoms with Gasteiger partial charge in [0.05, 0.1) is 4.92 Å². The topological polar surface area (TPSA) is 102 Å². The van der Waals surface area contributed by atoms with E-state index in [1.807, 2.05) is 10.7 Å². The number of piperazine rings is 1. The Morgan fingerprint density at radius 3 is 2.34 bits per heavy atom. The zero-order chi connectivity index (χ0) is 20.5. The van der Waals surface area contributed by atoms with Crippen molar-refractivity contribution in [2.45, 2.75) is 25.8 Å². The largest absolute Gasteiger partial charge is 0.335 e. The molecule has 0 unspecified atom stereocenters. The second-order valence-electron chi connectivity index (χ2n) is 7.20. The maximum Gasteiger partial charge on any atom is 0.282 e. The molecule has 1 aromatic heterocycles. The molecule has 1 saturated heterocycles. The first kappa shape index (κ1) is 19.4. The molecule has 0 bridgehead atoms. The number of aromatic nitrogens is 2. The van der Waals surface area contributed by atoms with Gasteiger partial charge < -0.3 is 9.80 Å². The van der Waals surface area contributed by atoms with Gasteiger partial charge in [0, 0.05) is 49.5 Å². The molecule has 0 radical (unpaired) electrons. The first-order chi connectivity index (χ1) is 13.9. The van der Waals surface area contributed by atoms with Crippen molar-refractivity contribution in [3.05, 3.63) is 56.4 Å². The second kappa shape index (κ2) is 7.82. The number of amides is 2. The van der Waals surface area contributed by atoms with E-state index in [-0.39, 0.29) is 22.2 Å². The van der Waals surface area contributed by atoms with Crippen molar-refractivity contribution in [2.75, 3.05) is 26.2 Å². The van der Waals surface area contributed by atoms with Gasteiger partial charge in [0.2, 0.25) is 0 Å². The van der Waals surface area contributed by atoms with E-state index in [0.717, 1.165) is 31.5 Å². The third-order valence-electron chi connectivity index (χ3n) is 5.38. The summed E-state index contributed by atoms with van der Waals surface area (Å²) in [5.41, 5.74) is 1.21. The molecule has 2 amide bonds. The van der Waals surface area contributed by atoms with Crippen LogP contribution in [0.3, 0.4) is 0 Å². The highest BCUT2D eigenvalue weighted by atomic mass is 35.5. The number of nitro groups is 1. The average molecular weight is 418 g/mol. The van der Waals surface area contributed by atoms with Gasteiger partial charge in [0.15, 0.2) is 5.69 Å². The monoisotopic (exact) mass is 417 g/mol. The number of nitrogens with zero attached hydrogens (tertiary/aromatic N) is 5. The van der Waals surface area contributed by atoms with Gasteiger partial charge in [-0.2, -0.15) is 5.10 Å². The quantitative estimate of drug-likeness (QED) is 0.563. The van der Waals surface area contributed by atoms with Crippen molar-refractivity contribution >= 4 is 29.1 Å². The number of hydrogen-bond acceptors (Lipinski definition) is 5. The minimum Gasteiger partial charge on any atom is -0.335 e. The van der Waals surface area contributed by atoms with Gasteiger partial charge >= 0.3 is 0 Å². The van der Waals surface area contributed by atoms with E-state index >= 15 is 0 Å². The zero-order valence-corrected chi connectivity index (χ0v) is 16.5. The fraction of sp³-hybridized carbons (Fsp3) is 0.421. The van der Waals surface area contributed by atoms with Gasteiger partial charge in [0.1, 0.15) is 5.56 Å². The first-order valence-electron chi connectivity index (χ1n) is 9.53. The van der Waals surface area contributed by atoms with Gasteiger partial charge in [-0.05, 0) is 37.5 Å². The van der Waals surface area contributed by atoms with E-state index in [0.29, 0.717) is 31.9 Å². The molecule has 0 atom stereocenters. The molecule has 0 N–H and O–H groups in total. The lowest BCUT2D eigenvalue weighted by atomic mass is 10.1. The van der Waals surface area contributed by atoms with Gasteiger partial charge in [-0.3, -0.25) is 24.4 Å². The molecule has 9 nitrogen and oxygen atoms in total. The van der Waals surface area contributed by atoms with E-state index in [9.17, 15) is 19.7 Å². The number of carbonyl (C=O) groups is 2. The summed E-state index contributed by atoms with van der Waals surface area (Å²) < 4.78 is 1.90. The maximum absolute atomic E-state index is 12.8. The summed E-state index contributed by atoms with van der Waals surface area (Å²) in [6.07, 6.45) is 3.11. The van der Waals surface area contributed by atoms with E-state index < -0.39 is 10.8 Å². The number of benzene rings is 1. The number of carbonyl (C=O) groups excluding carboxylic acids is 2. The van der Waals surface area contributed by atoms with E-state index in [1.54, 1.807) is 4.90 Å². The molecular weight excluding hydrogens is 398 g/mol. The summed E-state index contributed by atoms with van der Waals surface area (Å²) in [4.78, 5) is 39.4. The van der Waals surface area contributed by atoms with Crippen LogP contribution in [-0.4, -0.2) is 62.5 Å². The molecule has 4 rings (SSSR count). The molecule has 2 aliphatic heterocycles. The van der Waals surface area contributed by atoms with Crippen molar-refractivity contribution < 1.29 is 14.5 Å². The van der Waals surface area contributed by atoms with Gasteiger partial charge in [0.25, 0.3) is 17.5 Å². The number of rotatable bonds is 3. The molecule has 10 heteroatoms. The molecule has 2 aromatic rings. The molecule has 29 heavy (non-hydrogen) atoms. The molecular formula is C19H20ClN5O4. The molecule has 0 saturated carbocycles. The minimum absolute atomic E-state index is 0.0379. The van der Waals surface area contributed by atoms with Crippen LogP contribution in [0, 0.1) is 10.1 Å². The molecule has 2 aliphatic rings. The second-order valence-corrected chi connectivity index (χ2v) is 7.64. The fourth-order valence-corrected chi connectivity index (χ4v) is 3.98. The number of aryl methyl sites for hydroxylation is 2. The normalized spacial score (nSPS) is 16.4. The summed E-state index contributed by atoms with van der Waals surface area (Å²) >= 11 is 5.92. The van der Waals surface area contributed by atoms with E-state index in [4.69, 9.17) is 11.6 Å². The zero-order valence-electron chi connectivity index (χ0n) is 15.7. The third kappa shape index (κ3) is 3.82.